The van der Waals surface area contributed by atoms with Crippen LogP contribution in [-0.2, 0) is 16.6 Å². The first-order valence-corrected chi connectivity index (χ1v) is 9.16. The Bertz CT molecular complexity index is 594. The van der Waals surface area contributed by atoms with Crippen molar-refractivity contribution in [2.24, 2.45) is 0 Å². The fourth-order valence-corrected chi connectivity index (χ4v) is 5.45. The monoisotopic (exact) mass is 330 g/mol. The molecule has 1 aromatic rings. The minimum Gasteiger partial charge on any atom is -0.316 e. The van der Waals surface area contributed by atoms with Gasteiger partial charge in [-0.15, -0.1) is 0 Å². The van der Waals surface area contributed by atoms with Crippen LogP contribution in [0.15, 0.2) is 23.1 Å². The van der Waals surface area contributed by atoms with Crippen LogP contribution in [0.4, 0.5) is 0 Å². The molecule has 0 unspecified atom stereocenters. The average molecular weight is 331 g/mol. The van der Waals surface area contributed by atoms with Gasteiger partial charge in [-0.05, 0) is 51.4 Å². The third-order valence-electron chi connectivity index (χ3n) is 4.04. The predicted octanol–water partition coefficient (Wildman–Crippen LogP) is 3.01. The highest BCUT2D eigenvalue weighted by Gasteiger charge is 2.36. The highest BCUT2D eigenvalue weighted by atomic mass is 35.5. The summed E-state index contributed by atoms with van der Waals surface area (Å²) in [6.07, 6.45) is 2.87. The van der Waals surface area contributed by atoms with E-state index in [1.54, 1.807) is 16.4 Å². The molecule has 0 saturated carbocycles. The highest BCUT2D eigenvalue weighted by Crippen LogP contribution is 2.33. The van der Waals surface area contributed by atoms with Gasteiger partial charge in [-0.2, -0.15) is 4.31 Å². The summed E-state index contributed by atoms with van der Waals surface area (Å²) in [5.41, 5.74) is 0.915. The van der Waals surface area contributed by atoms with Gasteiger partial charge in [-0.1, -0.05) is 24.1 Å². The molecule has 4 nitrogen and oxygen atoms in total. The van der Waals surface area contributed by atoms with Crippen LogP contribution in [0.3, 0.4) is 0 Å². The second kappa shape index (κ2) is 6.65. The average Bonchev–Trinajstić information content (AvgIpc) is 2.40. The van der Waals surface area contributed by atoms with Gasteiger partial charge in [-0.25, -0.2) is 8.42 Å². The van der Waals surface area contributed by atoms with Crippen LogP contribution in [0.5, 0.6) is 0 Å². The van der Waals surface area contributed by atoms with Crippen LogP contribution in [-0.4, -0.2) is 31.9 Å². The van der Waals surface area contributed by atoms with Gasteiger partial charge in [0.05, 0.1) is 5.02 Å². The third-order valence-corrected chi connectivity index (χ3v) is 6.65. The lowest BCUT2D eigenvalue weighted by Crippen LogP contribution is -2.47. The zero-order valence-corrected chi connectivity index (χ0v) is 14.3. The van der Waals surface area contributed by atoms with E-state index >= 15 is 0 Å². The summed E-state index contributed by atoms with van der Waals surface area (Å²) < 4.78 is 27.6. The molecule has 1 aromatic carbocycles. The molecule has 2 atom stereocenters. The van der Waals surface area contributed by atoms with Crippen molar-refractivity contribution in [3.63, 3.8) is 0 Å². The SMILES string of the molecule is CNCc1ccc(Cl)c(S(=O)(=O)N2[C@H](C)CCC[C@@H]2C)c1. The summed E-state index contributed by atoms with van der Waals surface area (Å²) in [5, 5.41) is 3.32. The molecule has 6 heteroatoms. The molecule has 1 N–H and O–H groups in total. The van der Waals surface area contributed by atoms with Gasteiger partial charge >= 0.3 is 0 Å². The summed E-state index contributed by atoms with van der Waals surface area (Å²) in [5.74, 6) is 0. The topological polar surface area (TPSA) is 49.4 Å². The minimum atomic E-state index is -3.56. The largest absolute Gasteiger partial charge is 0.316 e. The molecule has 1 aliphatic heterocycles. The number of halogens is 1. The van der Waals surface area contributed by atoms with E-state index in [1.165, 1.54) is 0 Å². The van der Waals surface area contributed by atoms with Crippen LogP contribution in [0.1, 0.15) is 38.7 Å². The molecule has 1 heterocycles. The van der Waals surface area contributed by atoms with Crippen LogP contribution < -0.4 is 5.32 Å². The maximum atomic E-state index is 13.0. The Balaban J connectivity index is 2.45. The van der Waals surface area contributed by atoms with E-state index < -0.39 is 10.0 Å². The molecule has 0 aliphatic carbocycles. The van der Waals surface area contributed by atoms with E-state index in [1.807, 2.05) is 27.0 Å². The van der Waals surface area contributed by atoms with Gasteiger partial charge in [-0.3, -0.25) is 0 Å². The molecule has 1 aliphatic rings. The van der Waals surface area contributed by atoms with Gasteiger partial charge in [0.1, 0.15) is 4.90 Å². The van der Waals surface area contributed by atoms with Gasteiger partial charge in [0.2, 0.25) is 10.0 Å². The first-order chi connectivity index (χ1) is 9.87. The van der Waals surface area contributed by atoms with Gasteiger partial charge in [0.25, 0.3) is 0 Å². The summed E-state index contributed by atoms with van der Waals surface area (Å²) >= 11 is 6.17. The predicted molar refractivity (Wildman–Crippen MR) is 86.0 cm³/mol. The fourth-order valence-electron chi connectivity index (χ4n) is 3.04. The smallest absolute Gasteiger partial charge is 0.245 e. The fraction of sp³-hybridized carbons (Fsp3) is 0.600. The molecule has 1 saturated heterocycles. The van der Waals surface area contributed by atoms with Crippen molar-refractivity contribution in [3.05, 3.63) is 28.8 Å². The first kappa shape index (κ1) is 16.7. The van der Waals surface area contributed by atoms with Crippen molar-refractivity contribution in [1.29, 1.82) is 0 Å². The van der Waals surface area contributed by atoms with Crippen LogP contribution in [0.25, 0.3) is 0 Å². The number of hydrogen-bond donors (Lipinski definition) is 1. The number of hydrogen-bond acceptors (Lipinski definition) is 3. The van der Waals surface area contributed by atoms with E-state index in [4.69, 9.17) is 11.6 Å². The molecule has 2 rings (SSSR count). The lowest BCUT2D eigenvalue weighted by molar-refractivity contribution is 0.204. The number of nitrogens with one attached hydrogen (secondary N) is 1. The van der Waals surface area contributed by atoms with Crippen molar-refractivity contribution in [2.75, 3.05) is 7.05 Å². The van der Waals surface area contributed by atoms with Crippen molar-refractivity contribution >= 4 is 21.6 Å². The molecular weight excluding hydrogens is 308 g/mol. The van der Waals surface area contributed by atoms with E-state index in [-0.39, 0.29) is 17.0 Å². The normalized spacial score (nSPS) is 24.2. The molecule has 0 amide bonds. The van der Waals surface area contributed by atoms with Crippen LogP contribution in [0, 0.1) is 0 Å². The van der Waals surface area contributed by atoms with Crippen LogP contribution in [0.2, 0.25) is 5.02 Å². The lowest BCUT2D eigenvalue weighted by Gasteiger charge is -2.37. The van der Waals surface area contributed by atoms with Gasteiger partial charge in [0, 0.05) is 18.6 Å². The maximum absolute atomic E-state index is 13.0. The molecule has 118 valence electrons. The number of benzene rings is 1. The zero-order chi connectivity index (χ0) is 15.6. The lowest BCUT2D eigenvalue weighted by atomic mass is 10.0. The third kappa shape index (κ3) is 3.42. The second-order valence-corrected chi connectivity index (χ2v) is 7.98. The zero-order valence-electron chi connectivity index (χ0n) is 12.8. The number of nitrogens with zero attached hydrogens (tertiary/aromatic N) is 1. The number of sulfonamides is 1. The Kier molecular flexibility index (Phi) is 5.30. The standard InChI is InChI=1S/C15H23ClN2O2S/c1-11-5-4-6-12(2)18(11)21(19,20)15-9-13(10-17-3)7-8-14(15)16/h7-9,11-12,17H,4-6,10H2,1-3H3/t11-,12+. The minimum absolute atomic E-state index is 0.0165. The summed E-state index contributed by atoms with van der Waals surface area (Å²) in [6, 6.07) is 5.23. The Labute approximate surface area is 132 Å². The Hall–Kier alpha value is -0.620. The highest BCUT2D eigenvalue weighted by molar-refractivity contribution is 7.89. The van der Waals surface area contributed by atoms with Crippen molar-refractivity contribution in [1.82, 2.24) is 9.62 Å². The number of rotatable bonds is 4. The first-order valence-electron chi connectivity index (χ1n) is 7.34. The molecule has 0 radical (unpaired) electrons. The van der Waals surface area contributed by atoms with E-state index in [0.717, 1.165) is 24.8 Å². The summed E-state index contributed by atoms with van der Waals surface area (Å²) in [6.45, 7) is 4.56. The van der Waals surface area contributed by atoms with Gasteiger partial charge in [0.15, 0.2) is 0 Å². The summed E-state index contributed by atoms with van der Waals surface area (Å²) in [4.78, 5) is 0.220. The molecule has 0 aromatic heterocycles. The molecule has 21 heavy (non-hydrogen) atoms. The van der Waals surface area contributed by atoms with Crippen LogP contribution >= 0.6 is 11.6 Å². The Morgan fingerprint density at radius 2 is 1.90 bits per heavy atom. The van der Waals surface area contributed by atoms with Crippen molar-refractivity contribution in [3.8, 4) is 0 Å². The molecular formula is C15H23ClN2O2S. The summed E-state index contributed by atoms with van der Waals surface area (Å²) in [7, 11) is -1.73. The Morgan fingerprint density at radius 1 is 1.29 bits per heavy atom. The molecule has 0 spiro atoms. The molecule has 1 fully saturated rings. The second-order valence-electron chi connectivity index (χ2n) is 5.76. The number of piperidine rings is 1. The van der Waals surface area contributed by atoms with E-state index in [9.17, 15) is 8.42 Å². The van der Waals surface area contributed by atoms with E-state index in [2.05, 4.69) is 5.32 Å². The maximum Gasteiger partial charge on any atom is 0.245 e. The molecule has 0 bridgehead atoms. The Morgan fingerprint density at radius 3 is 2.48 bits per heavy atom. The van der Waals surface area contributed by atoms with Gasteiger partial charge < -0.3 is 5.32 Å². The van der Waals surface area contributed by atoms with E-state index in [0.29, 0.717) is 11.6 Å². The van der Waals surface area contributed by atoms with Crippen molar-refractivity contribution < 1.29 is 8.42 Å². The quantitative estimate of drug-likeness (QED) is 0.923. The van der Waals surface area contributed by atoms with Crippen molar-refractivity contribution in [2.45, 2.75) is 56.6 Å².